The summed E-state index contributed by atoms with van der Waals surface area (Å²) in [6.07, 6.45) is 3.67. The number of pyridine rings is 1. The summed E-state index contributed by atoms with van der Waals surface area (Å²) in [5, 5.41) is 3.86. The molecule has 128 valence electrons. The van der Waals surface area contributed by atoms with Gasteiger partial charge in [0.2, 0.25) is 5.82 Å². The lowest BCUT2D eigenvalue weighted by Gasteiger charge is -2.09. The van der Waals surface area contributed by atoms with Gasteiger partial charge < -0.3 is 14.2 Å². The van der Waals surface area contributed by atoms with Crippen LogP contribution in [-0.4, -0.2) is 21.2 Å². The highest BCUT2D eigenvalue weighted by atomic mass is 16.5. The average molecular weight is 337 g/mol. The number of hydrogen-bond acceptors (Lipinski definition) is 5. The summed E-state index contributed by atoms with van der Waals surface area (Å²) < 4.78 is 10.9. The molecule has 2 aromatic heterocycles. The number of rotatable bonds is 5. The van der Waals surface area contributed by atoms with Crippen molar-refractivity contribution in [3.63, 3.8) is 0 Å². The molecule has 6 heteroatoms. The van der Waals surface area contributed by atoms with Gasteiger partial charge in [0.15, 0.2) is 0 Å². The second kappa shape index (κ2) is 7.17. The van der Waals surface area contributed by atoms with Crippen LogP contribution in [-0.2, 0) is 0 Å². The summed E-state index contributed by atoms with van der Waals surface area (Å²) in [7, 11) is 0. The normalized spacial score (nSPS) is 11.4. The van der Waals surface area contributed by atoms with Crippen molar-refractivity contribution in [2.45, 2.75) is 26.9 Å². The van der Waals surface area contributed by atoms with Crippen molar-refractivity contribution >= 4 is 12.2 Å². The first-order valence-electron chi connectivity index (χ1n) is 8.00. The smallest absolute Gasteiger partial charge is 0.259 e. The van der Waals surface area contributed by atoms with E-state index in [0.29, 0.717) is 11.5 Å². The Balaban J connectivity index is 1.79. The van der Waals surface area contributed by atoms with E-state index in [-0.39, 0.29) is 17.5 Å². The number of nitrogens with zero attached hydrogens (tertiary/aromatic N) is 2. The molecule has 3 aromatic rings. The van der Waals surface area contributed by atoms with Crippen LogP contribution in [0.4, 0.5) is 0 Å². The highest BCUT2D eigenvalue weighted by molar-refractivity contribution is 5.67. The Morgan fingerprint density at radius 1 is 1.20 bits per heavy atom. The van der Waals surface area contributed by atoms with Gasteiger partial charge in [0, 0.05) is 11.8 Å². The third-order valence-electron chi connectivity index (χ3n) is 3.39. The molecule has 0 aliphatic carbocycles. The number of aromatic nitrogens is 3. The maximum Gasteiger partial charge on any atom is 0.259 e. The number of aromatic amines is 1. The van der Waals surface area contributed by atoms with Crippen LogP contribution in [0.1, 0.15) is 31.0 Å². The highest BCUT2D eigenvalue weighted by Crippen LogP contribution is 2.17. The lowest BCUT2D eigenvalue weighted by Crippen LogP contribution is -2.10. The number of aryl methyl sites for hydroxylation is 1. The van der Waals surface area contributed by atoms with Crippen molar-refractivity contribution in [3.8, 4) is 17.1 Å². The molecule has 1 N–H and O–H groups in total. The minimum Gasteiger partial charge on any atom is -0.491 e. The van der Waals surface area contributed by atoms with Gasteiger partial charge in [0.1, 0.15) is 5.75 Å². The first-order valence-corrected chi connectivity index (χ1v) is 8.00. The Hall–Kier alpha value is -3.15. The largest absolute Gasteiger partial charge is 0.491 e. The molecular weight excluding hydrogens is 318 g/mol. The van der Waals surface area contributed by atoms with Crippen LogP contribution in [0.25, 0.3) is 23.5 Å². The Kier molecular flexibility index (Phi) is 4.79. The van der Waals surface area contributed by atoms with Crippen molar-refractivity contribution in [2.75, 3.05) is 0 Å². The molecular formula is C19H19N3O3. The Labute approximate surface area is 145 Å². The van der Waals surface area contributed by atoms with Crippen molar-refractivity contribution in [1.82, 2.24) is 15.1 Å². The van der Waals surface area contributed by atoms with Crippen LogP contribution in [0.3, 0.4) is 0 Å². The van der Waals surface area contributed by atoms with E-state index in [1.807, 2.05) is 51.1 Å². The second-order valence-electron chi connectivity index (χ2n) is 5.91. The summed E-state index contributed by atoms with van der Waals surface area (Å²) >= 11 is 0. The van der Waals surface area contributed by atoms with E-state index in [4.69, 9.17) is 9.26 Å². The summed E-state index contributed by atoms with van der Waals surface area (Å²) in [5.41, 5.74) is 1.86. The second-order valence-corrected chi connectivity index (χ2v) is 5.91. The lowest BCUT2D eigenvalue weighted by molar-refractivity contribution is 0.242. The number of ether oxygens (including phenoxy) is 1. The summed E-state index contributed by atoms with van der Waals surface area (Å²) in [4.78, 5) is 18.9. The van der Waals surface area contributed by atoms with Gasteiger partial charge in [-0.15, -0.1) is 0 Å². The van der Waals surface area contributed by atoms with Crippen LogP contribution in [0, 0.1) is 6.92 Å². The zero-order valence-electron chi connectivity index (χ0n) is 14.3. The van der Waals surface area contributed by atoms with E-state index in [0.717, 1.165) is 17.0 Å². The molecule has 0 fully saturated rings. The molecule has 25 heavy (non-hydrogen) atoms. The van der Waals surface area contributed by atoms with Gasteiger partial charge in [-0.1, -0.05) is 17.3 Å². The van der Waals surface area contributed by atoms with Gasteiger partial charge in [-0.2, -0.15) is 4.98 Å². The van der Waals surface area contributed by atoms with Gasteiger partial charge in [-0.3, -0.25) is 4.79 Å². The SMILES string of the molecule is Cc1ccc(-c2noc(/C=C/c3cccc(OC(C)C)c3)n2)c(=O)[nH]1. The van der Waals surface area contributed by atoms with E-state index < -0.39 is 0 Å². The molecule has 0 aliphatic rings. The number of nitrogens with one attached hydrogen (secondary N) is 1. The predicted octanol–water partition coefficient (Wildman–Crippen LogP) is 3.69. The lowest BCUT2D eigenvalue weighted by atomic mass is 10.2. The fraction of sp³-hybridized carbons (Fsp3) is 0.211. The summed E-state index contributed by atoms with van der Waals surface area (Å²) in [5.74, 6) is 1.39. The van der Waals surface area contributed by atoms with Crippen molar-refractivity contribution in [3.05, 3.63) is 63.9 Å². The van der Waals surface area contributed by atoms with Crippen LogP contribution in [0.2, 0.25) is 0 Å². The molecule has 0 saturated carbocycles. The molecule has 0 amide bonds. The predicted molar refractivity (Wildman–Crippen MR) is 96.2 cm³/mol. The third-order valence-corrected chi connectivity index (χ3v) is 3.39. The highest BCUT2D eigenvalue weighted by Gasteiger charge is 2.10. The zero-order valence-corrected chi connectivity index (χ0v) is 14.3. The van der Waals surface area contributed by atoms with Crippen LogP contribution < -0.4 is 10.3 Å². The third kappa shape index (κ3) is 4.23. The molecule has 0 saturated heterocycles. The molecule has 0 spiro atoms. The van der Waals surface area contributed by atoms with Crippen molar-refractivity contribution in [2.24, 2.45) is 0 Å². The minimum absolute atomic E-state index is 0.116. The maximum absolute atomic E-state index is 11.9. The van der Waals surface area contributed by atoms with Gasteiger partial charge in [-0.25, -0.2) is 0 Å². The maximum atomic E-state index is 11.9. The average Bonchev–Trinajstić information content (AvgIpc) is 3.01. The van der Waals surface area contributed by atoms with E-state index in [2.05, 4.69) is 15.1 Å². The van der Waals surface area contributed by atoms with E-state index in [1.165, 1.54) is 0 Å². The van der Waals surface area contributed by atoms with E-state index in [1.54, 1.807) is 18.2 Å². The van der Waals surface area contributed by atoms with Crippen LogP contribution in [0.15, 0.2) is 45.7 Å². The van der Waals surface area contributed by atoms with E-state index >= 15 is 0 Å². The number of H-pyrrole nitrogens is 1. The first-order chi connectivity index (χ1) is 12.0. The molecule has 3 rings (SSSR count). The monoisotopic (exact) mass is 337 g/mol. The molecule has 1 aromatic carbocycles. The topological polar surface area (TPSA) is 81.0 Å². The standard InChI is InChI=1S/C19H19N3O3/c1-12(2)24-15-6-4-5-14(11-15)8-10-17-21-18(22-25-17)16-9-7-13(3)20-19(16)23/h4-12H,1-3H3,(H,20,23)/b10-8+. The Morgan fingerprint density at radius 3 is 2.80 bits per heavy atom. The van der Waals surface area contributed by atoms with Crippen LogP contribution in [0.5, 0.6) is 5.75 Å². The Morgan fingerprint density at radius 2 is 2.04 bits per heavy atom. The molecule has 0 aliphatic heterocycles. The van der Waals surface area contributed by atoms with Crippen molar-refractivity contribution < 1.29 is 9.26 Å². The molecule has 0 bridgehead atoms. The minimum atomic E-state index is -0.241. The number of hydrogen-bond donors (Lipinski definition) is 1. The molecule has 6 nitrogen and oxygen atoms in total. The fourth-order valence-electron chi connectivity index (χ4n) is 2.29. The van der Waals surface area contributed by atoms with Gasteiger partial charge in [-0.05, 0) is 56.7 Å². The zero-order chi connectivity index (χ0) is 17.8. The van der Waals surface area contributed by atoms with Gasteiger partial charge >= 0.3 is 0 Å². The van der Waals surface area contributed by atoms with Gasteiger partial charge in [0.05, 0.1) is 11.7 Å². The van der Waals surface area contributed by atoms with Crippen molar-refractivity contribution in [1.29, 1.82) is 0 Å². The summed E-state index contributed by atoms with van der Waals surface area (Å²) in [6, 6.07) is 11.2. The van der Waals surface area contributed by atoms with E-state index in [9.17, 15) is 4.79 Å². The fourth-order valence-corrected chi connectivity index (χ4v) is 2.29. The summed E-state index contributed by atoms with van der Waals surface area (Å²) in [6.45, 7) is 5.78. The molecule has 2 heterocycles. The van der Waals surface area contributed by atoms with Gasteiger partial charge in [0.25, 0.3) is 11.4 Å². The Bertz CT molecular complexity index is 954. The first kappa shape index (κ1) is 16.7. The molecule has 0 radical (unpaired) electrons. The number of benzene rings is 1. The quantitative estimate of drug-likeness (QED) is 0.768. The molecule has 0 unspecified atom stereocenters. The van der Waals surface area contributed by atoms with Crippen LogP contribution >= 0.6 is 0 Å². The molecule has 0 atom stereocenters.